The van der Waals surface area contributed by atoms with Gasteiger partial charge in [-0.25, -0.2) is 4.98 Å². The molecule has 1 fully saturated rings. The van der Waals surface area contributed by atoms with Crippen molar-refractivity contribution < 1.29 is 4.74 Å². The van der Waals surface area contributed by atoms with Gasteiger partial charge in [-0.2, -0.15) is 0 Å². The Bertz CT molecular complexity index is 1040. The minimum atomic E-state index is 0.115. The van der Waals surface area contributed by atoms with Gasteiger partial charge in [0.15, 0.2) is 5.16 Å². The van der Waals surface area contributed by atoms with E-state index in [4.69, 9.17) is 9.72 Å². The number of ether oxygens (including phenoxy) is 1. The summed E-state index contributed by atoms with van der Waals surface area (Å²) in [6, 6.07) is 4.00. The SMILES string of the molecule is O=c1c2c3c(sc2nc(SCc2cccnc2)n1C[C@@H]1CCCO1)CCCC3. The van der Waals surface area contributed by atoms with E-state index in [1.54, 1.807) is 29.3 Å². The maximum atomic E-state index is 13.5. The minimum absolute atomic E-state index is 0.115. The molecule has 5 rings (SSSR count). The zero-order chi connectivity index (χ0) is 18.9. The van der Waals surface area contributed by atoms with Crippen molar-refractivity contribution in [3.8, 4) is 0 Å². The van der Waals surface area contributed by atoms with Gasteiger partial charge >= 0.3 is 0 Å². The highest BCUT2D eigenvalue weighted by molar-refractivity contribution is 7.98. The van der Waals surface area contributed by atoms with Gasteiger partial charge in [0.05, 0.1) is 18.0 Å². The van der Waals surface area contributed by atoms with Crippen LogP contribution in [-0.2, 0) is 29.9 Å². The molecule has 0 saturated carbocycles. The third-order valence-electron chi connectivity index (χ3n) is 5.54. The normalized spacial score (nSPS) is 19.2. The first-order valence-corrected chi connectivity index (χ1v) is 11.8. The molecule has 0 spiro atoms. The van der Waals surface area contributed by atoms with Crippen LogP contribution in [0.4, 0.5) is 0 Å². The minimum Gasteiger partial charge on any atom is -0.376 e. The van der Waals surface area contributed by atoms with Crippen molar-refractivity contribution in [3.05, 3.63) is 50.9 Å². The Labute approximate surface area is 172 Å². The van der Waals surface area contributed by atoms with E-state index in [1.807, 2.05) is 16.8 Å². The van der Waals surface area contributed by atoms with Crippen molar-refractivity contribution in [2.75, 3.05) is 6.61 Å². The van der Waals surface area contributed by atoms with E-state index in [1.165, 1.54) is 23.3 Å². The van der Waals surface area contributed by atoms with Crippen LogP contribution in [0, 0.1) is 0 Å². The molecule has 0 N–H and O–H groups in total. The molecule has 0 unspecified atom stereocenters. The topological polar surface area (TPSA) is 57.0 Å². The van der Waals surface area contributed by atoms with Gasteiger partial charge in [0.25, 0.3) is 5.56 Å². The molecular weight excluding hydrogens is 390 g/mol. The summed E-state index contributed by atoms with van der Waals surface area (Å²) in [5.74, 6) is 0.752. The molecule has 3 aromatic heterocycles. The smallest absolute Gasteiger partial charge is 0.263 e. The average molecular weight is 414 g/mol. The molecule has 5 nitrogen and oxygen atoms in total. The first kappa shape index (κ1) is 18.3. The van der Waals surface area contributed by atoms with E-state index in [9.17, 15) is 4.79 Å². The Hall–Kier alpha value is -1.70. The first-order chi connectivity index (χ1) is 13.8. The van der Waals surface area contributed by atoms with Crippen LogP contribution in [0.1, 0.15) is 41.7 Å². The number of thiophene rings is 1. The molecule has 28 heavy (non-hydrogen) atoms. The lowest BCUT2D eigenvalue weighted by Gasteiger charge is -2.16. The lowest BCUT2D eigenvalue weighted by atomic mass is 9.97. The van der Waals surface area contributed by atoms with Gasteiger partial charge in [-0.3, -0.25) is 14.3 Å². The number of rotatable bonds is 5. The molecule has 0 radical (unpaired) electrons. The summed E-state index contributed by atoms with van der Waals surface area (Å²) in [6.07, 6.45) is 10.3. The van der Waals surface area contributed by atoms with Gasteiger partial charge < -0.3 is 4.74 Å². The number of nitrogens with zero attached hydrogens (tertiary/aromatic N) is 3. The molecule has 0 bridgehead atoms. The Balaban J connectivity index is 1.56. The average Bonchev–Trinajstić information content (AvgIpc) is 3.37. The quantitative estimate of drug-likeness (QED) is 0.463. The van der Waals surface area contributed by atoms with Crippen molar-refractivity contribution >= 4 is 33.3 Å². The van der Waals surface area contributed by atoms with Crippen molar-refractivity contribution in [2.24, 2.45) is 0 Å². The molecule has 1 atom stereocenters. The number of aryl methyl sites for hydroxylation is 2. The number of hydrogen-bond donors (Lipinski definition) is 0. The van der Waals surface area contributed by atoms with Crippen LogP contribution in [0.3, 0.4) is 0 Å². The second-order valence-corrected chi connectivity index (χ2v) is 9.51. The van der Waals surface area contributed by atoms with Crippen LogP contribution >= 0.6 is 23.1 Å². The van der Waals surface area contributed by atoms with E-state index in [2.05, 4.69) is 11.1 Å². The maximum absolute atomic E-state index is 13.5. The van der Waals surface area contributed by atoms with E-state index in [0.29, 0.717) is 6.54 Å². The molecule has 4 heterocycles. The summed E-state index contributed by atoms with van der Waals surface area (Å²) in [4.78, 5) is 25.0. The van der Waals surface area contributed by atoms with Crippen molar-refractivity contribution in [1.29, 1.82) is 0 Å². The largest absolute Gasteiger partial charge is 0.376 e. The van der Waals surface area contributed by atoms with Crippen molar-refractivity contribution in [1.82, 2.24) is 14.5 Å². The third-order valence-corrected chi connectivity index (χ3v) is 7.77. The molecule has 1 aliphatic carbocycles. The van der Waals surface area contributed by atoms with Crippen LogP contribution in [-0.4, -0.2) is 27.2 Å². The molecule has 0 amide bonds. The Kier molecular flexibility index (Phi) is 5.22. The second-order valence-electron chi connectivity index (χ2n) is 7.49. The second kappa shape index (κ2) is 7.97. The highest BCUT2D eigenvalue weighted by atomic mass is 32.2. The monoisotopic (exact) mass is 413 g/mol. The molecular formula is C21H23N3O2S2. The summed E-state index contributed by atoms with van der Waals surface area (Å²) in [5, 5.41) is 1.67. The van der Waals surface area contributed by atoms with Gasteiger partial charge in [-0.05, 0) is 55.7 Å². The van der Waals surface area contributed by atoms with Crippen molar-refractivity contribution in [2.45, 2.75) is 62.1 Å². The summed E-state index contributed by atoms with van der Waals surface area (Å²) in [7, 11) is 0. The Morgan fingerprint density at radius 2 is 2.21 bits per heavy atom. The molecule has 3 aromatic rings. The number of pyridine rings is 1. The molecule has 2 aliphatic rings. The first-order valence-electron chi connectivity index (χ1n) is 9.98. The summed E-state index contributed by atoms with van der Waals surface area (Å²) < 4.78 is 7.71. The summed E-state index contributed by atoms with van der Waals surface area (Å²) in [5.41, 5.74) is 2.51. The van der Waals surface area contributed by atoms with E-state index in [-0.39, 0.29) is 11.7 Å². The zero-order valence-electron chi connectivity index (χ0n) is 15.7. The van der Waals surface area contributed by atoms with Crippen LogP contribution in [0.15, 0.2) is 34.5 Å². The molecule has 1 aliphatic heterocycles. The number of fused-ring (bicyclic) bond motifs is 3. The van der Waals surface area contributed by atoms with E-state index >= 15 is 0 Å². The van der Waals surface area contributed by atoms with Gasteiger partial charge in [0, 0.05) is 29.6 Å². The van der Waals surface area contributed by atoms with Crippen molar-refractivity contribution in [3.63, 3.8) is 0 Å². The Morgan fingerprint density at radius 3 is 3.04 bits per heavy atom. The highest BCUT2D eigenvalue weighted by Crippen LogP contribution is 2.35. The molecule has 7 heteroatoms. The maximum Gasteiger partial charge on any atom is 0.263 e. The zero-order valence-corrected chi connectivity index (χ0v) is 17.4. The van der Waals surface area contributed by atoms with Crippen LogP contribution in [0.25, 0.3) is 10.2 Å². The number of hydrogen-bond acceptors (Lipinski definition) is 6. The van der Waals surface area contributed by atoms with E-state index < -0.39 is 0 Å². The lowest BCUT2D eigenvalue weighted by Crippen LogP contribution is -2.29. The van der Waals surface area contributed by atoms with E-state index in [0.717, 1.165) is 59.0 Å². The van der Waals surface area contributed by atoms with Gasteiger partial charge in [0.1, 0.15) is 4.83 Å². The summed E-state index contributed by atoms with van der Waals surface area (Å²) >= 11 is 3.34. The molecule has 1 saturated heterocycles. The van der Waals surface area contributed by atoms with Gasteiger partial charge in [-0.15, -0.1) is 11.3 Å². The predicted molar refractivity (Wildman–Crippen MR) is 113 cm³/mol. The molecule has 146 valence electrons. The number of thioether (sulfide) groups is 1. The van der Waals surface area contributed by atoms with Gasteiger partial charge in [0.2, 0.25) is 0 Å². The van der Waals surface area contributed by atoms with Crippen LogP contribution in [0.2, 0.25) is 0 Å². The standard InChI is InChI=1S/C21H23N3O2S2/c25-20-18-16-7-1-2-8-17(16)28-19(18)23-21(24(20)12-15-6-4-10-26-15)27-13-14-5-3-9-22-11-14/h3,5,9,11,15H,1-2,4,6-8,10,12-13H2/t15-/m0/s1. The predicted octanol–water partition coefficient (Wildman–Crippen LogP) is 4.20. The fraction of sp³-hybridized carbons (Fsp3) is 0.476. The fourth-order valence-electron chi connectivity index (χ4n) is 4.11. The summed E-state index contributed by atoms with van der Waals surface area (Å²) in [6.45, 7) is 1.39. The molecule has 0 aromatic carbocycles. The lowest BCUT2D eigenvalue weighted by molar-refractivity contribution is 0.0937. The fourth-order valence-corrected chi connectivity index (χ4v) is 6.36. The van der Waals surface area contributed by atoms with Crippen LogP contribution < -0.4 is 5.56 Å². The highest BCUT2D eigenvalue weighted by Gasteiger charge is 2.24. The van der Waals surface area contributed by atoms with Crippen LogP contribution in [0.5, 0.6) is 0 Å². The van der Waals surface area contributed by atoms with Gasteiger partial charge in [-0.1, -0.05) is 17.8 Å². The Morgan fingerprint density at radius 1 is 1.29 bits per heavy atom. The number of aromatic nitrogens is 3. The third kappa shape index (κ3) is 3.51.